The molecule has 0 atom stereocenters. The predicted octanol–water partition coefficient (Wildman–Crippen LogP) is 4.57. The SMILES string of the molecule is CCOc1ccc(NS(=O)(=O)c2cccc(C(=O)NC(CC)CC)c2)cc1Br. The Kier molecular flexibility index (Phi) is 7.88. The monoisotopic (exact) mass is 468 g/mol. The van der Waals surface area contributed by atoms with Gasteiger partial charge in [0, 0.05) is 11.6 Å². The fourth-order valence-electron chi connectivity index (χ4n) is 2.62. The Balaban J connectivity index is 2.22. The highest BCUT2D eigenvalue weighted by atomic mass is 79.9. The van der Waals surface area contributed by atoms with Crippen LogP contribution in [0.4, 0.5) is 5.69 Å². The van der Waals surface area contributed by atoms with Crippen molar-refractivity contribution in [2.75, 3.05) is 11.3 Å². The second kappa shape index (κ2) is 9.93. The number of carbonyl (C=O) groups is 1. The molecule has 2 N–H and O–H groups in total. The highest BCUT2D eigenvalue weighted by molar-refractivity contribution is 9.10. The molecule has 6 nitrogen and oxygen atoms in total. The molecule has 0 saturated carbocycles. The largest absolute Gasteiger partial charge is 0.493 e. The van der Waals surface area contributed by atoms with Crippen molar-refractivity contribution in [3.05, 3.63) is 52.5 Å². The zero-order chi connectivity index (χ0) is 20.7. The van der Waals surface area contributed by atoms with E-state index in [0.29, 0.717) is 28.1 Å². The Morgan fingerprint density at radius 1 is 1.11 bits per heavy atom. The summed E-state index contributed by atoms with van der Waals surface area (Å²) in [6.45, 7) is 6.37. The highest BCUT2D eigenvalue weighted by Gasteiger charge is 2.18. The van der Waals surface area contributed by atoms with E-state index < -0.39 is 10.0 Å². The first kappa shape index (κ1) is 22.2. The van der Waals surface area contributed by atoms with Gasteiger partial charge in [0.1, 0.15) is 5.75 Å². The molecule has 1 amide bonds. The number of carbonyl (C=O) groups excluding carboxylic acids is 1. The second-order valence-corrected chi connectivity index (χ2v) is 8.74. The summed E-state index contributed by atoms with van der Waals surface area (Å²) in [7, 11) is -3.84. The van der Waals surface area contributed by atoms with Crippen LogP contribution in [0.3, 0.4) is 0 Å². The van der Waals surface area contributed by atoms with E-state index in [4.69, 9.17) is 4.74 Å². The van der Waals surface area contributed by atoms with Gasteiger partial charge in [-0.3, -0.25) is 9.52 Å². The second-order valence-electron chi connectivity index (χ2n) is 6.20. The number of hydrogen-bond donors (Lipinski definition) is 2. The van der Waals surface area contributed by atoms with E-state index in [1.165, 1.54) is 12.1 Å². The number of ether oxygens (including phenoxy) is 1. The first-order valence-electron chi connectivity index (χ1n) is 9.16. The van der Waals surface area contributed by atoms with Gasteiger partial charge in [-0.05, 0) is 72.1 Å². The van der Waals surface area contributed by atoms with Crippen LogP contribution < -0.4 is 14.8 Å². The van der Waals surface area contributed by atoms with Crippen LogP contribution in [0.1, 0.15) is 44.0 Å². The van der Waals surface area contributed by atoms with E-state index in [-0.39, 0.29) is 16.8 Å². The summed E-state index contributed by atoms with van der Waals surface area (Å²) in [6.07, 6.45) is 1.63. The van der Waals surface area contributed by atoms with Crippen LogP contribution in [0.5, 0.6) is 5.75 Å². The van der Waals surface area contributed by atoms with Crippen LogP contribution in [0, 0.1) is 0 Å². The van der Waals surface area contributed by atoms with Crippen LogP contribution in [0.25, 0.3) is 0 Å². The molecule has 2 aromatic carbocycles. The normalized spacial score (nSPS) is 11.3. The number of amides is 1. The summed E-state index contributed by atoms with van der Waals surface area (Å²) < 4.78 is 34.1. The summed E-state index contributed by atoms with van der Waals surface area (Å²) in [4.78, 5) is 12.4. The standard InChI is InChI=1S/C20H25BrN2O4S/c1-4-15(5-2)22-20(24)14-8-7-9-17(12-14)28(25,26)23-16-10-11-19(27-6-3)18(21)13-16/h7-13,15,23H,4-6H2,1-3H3,(H,22,24). The lowest BCUT2D eigenvalue weighted by atomic mass is 10.1. The molecule has 2 aromatic rings. The van der Waals surface area contributed by atoms with Crippen molar-refractivity contribution < 1.29 is 17.9 Å². The lowest BCUT2D eigenvalue weighted by molar-refractivity contribution is 0.0934. The maximum atomic E-state index is 12.7. The van der Waals surface area contributed by atoms with E-state index in [1.807, 2.05) is 20.8 Å². The van der Waals surface area contributed by atoms with E-state index in [1.54, 1.807) is 30.3 Å². The maximum absolute atomic E-state index is 12.7. The van der Waals surface area contributed by atoms with Crippen molar-refractivity contribution in [1.82, 2.24) is 5.32 Å². The Morgan fingerprint density at radius 2 is 1.82 bits per heavy atom. The summed E-state index contributed by atoms with van der Waals surface area (Å²) in [5, 5.41) is 2.91. The number of benzene rings is 2. The Bertz CT molecular complexity index is 928. The molecule has 28 heavy (non-hydrogen) atoms. The van der Waals surface area contributed by atoms with Gasteiger partial charge in [0.15, 0.2) is 0 Å². The lowest BCUT2D eigenvalue weighted by Gasteiger charge is -2.15. The third-order valence-electron chi connectivity index (χ3n) is 4.21. The zero-order valence-corrected chi connectivity index (χ0v) is 18.6. The number of sulfonamides is 1. The summed E-state index contributed by atoms with van der Waals surface area (Å²) >= 11 is 3.37. The van der Waals surface area contributed by atoms with Gasteiger partial charge in [0.25, 0.3) is 15.9 Å². The number of rotatable bonds is 9. The average molecular weight is 469 g/mol. The molecule has 0 bridgehead atoms. The van der Waals surface area contributed by atoms with E-state index in [0.717, 1.165) is 12.8 Å². The molecule has 0 radical (unpaired) electrons. The summed E-state index contributed by atoms with van der Waals surface area (Å²) in [5.41, 5.74) is 0.699. The minimum atomic E-state index is -3.84. The first-order valence-corrected chi connectivity index (χ1v) is 11.4. The Labute approximate surface area is 174 Å². The molecule has 0 spiro atoms. The van der Waals surface area contributed by atoms with Gasteiger partial charge < -0.3 is 10.1 Å². The molecule has 0 aliphatic rings. The van der Waals surface area contributed by atoms with E-state index in [9.17, 15) is 13.2 Å². The van der Waals surface area contributed by atoms with Crippen LogP contribution >= 0.6 is 15.9 Å². The van der Waals surface area contributed by atoms with Crippen LogP contribution in [0.15, 0.2) is 51.8 Å². The number of halogens is 1. The van der Waals surface area contributed by atoms with Gasteiger partial charge >= 0.3 is 0 Å². The van der Waals surface area contributed by atoms with Crippen LogP contribution in [-0.2, 0) is 10.0 Å². The third kappa shape index (κ3) is 5.72. The molecule has 0 unspecified atom stereocenters. The van der Waals surface area contributed by atoms with Crippen molar-refractivity contribution in [2.45, 2.75) is 44.6 Å². The maximum Gasteiger partial charge on any atom is 0.261 e. The molecule has 0 saturated heterocycles. The molecule has 0 aromatic heterocycles. The fraction of sp³-hybridized carbons (Fsp3) is 0.350. The third-order valence-corrected chi connectivity index (χ3v) is 6.21. The molecular formula is C20H25BrN2O4S. The summed E-state index contributed by atoms with van der Waals surface area (Å²) in [5.74, 6) is 0.347. The van der Waals surface area contributed by atoms with E-state index in [2.05, 4.69) is 26.0 Å². The number of nitrogens with one attached hydrogen (secondary N) is 2. The van der Waals surface area contributed by atoms with Crippen LogP contribution in [-0.4, -0.2) is 27.0 Å². The van der Waals surface area contributed by atoms with Crippen molar-refractivity contribution in [1.29, 1.82) is 0 Å². The van der Waals surface area contributed by atoms with Gasteiger partial charge in [-0.15, -0.1) is 0 Å². The molecule has 152 valence electrons. The average Bonchev–Trinajstić information content (AvgIpc) is 2.68. The molecule has 0 heterocycles. The predicted molar refractivity (Wildman–Crippen MR) is 114 cm³/mol. The molecule has 0 aliphatic heterocycles. The lowest BCUT2D eigenvalue weighted by Crippen LogP contribution is -2.33. The first-order chi connectivity index (χ1) is 13.3. The van der Waals surface area contributed by atoms with Gasteiger partial charge in [0.2, 0.25) is 0 Å². The van der Waals surface area contributed by atoms with Gasteiger partial charge in [-0.2, -0.15) is 0 Å². The van der Waals surface area contributed by atoms with Gasteiger partial charge in [-0.1, -0.05) is 19.9 Å². The van der Waals surface area contributed by atoms with Crippen molar-refractivity contribution in [3.8, 4) is 5.75 Å². The van der Waals surface area contributed by atoms with Crippen LogP contribution in [0.2, 0.25) is 0 Å². The quantitative estimate of drug-likeness (QED) is 0.564. The minimum Gasteiger partial charge on any atom is -0.493 e. The van der Waals surface area contributed by atoms with E-state index >= 15 is 0 Å². The Morgan fingerprint density at radius 3 is 2.43 bits per heavy atom. The molecule has 0 aliphatic carbocycles. The number of hydrogen-bond acceptors (Lipinski definition) is 4. The summed E-state index contributed by atoms with van der Waals surface area (Å²) in [6, 6.07) is 11.0. The molecule has 0 fully saturated rings. The smallest absolute Gasteiger partial charge is 0.261 e. The van der Waals surface area contributed by atoms with Crippen molar-refractivity contribution in [3.63, 3.8) is 0 Å². The van der Waals surface area contributed by atoms with Gasteiger partial charge in [-0.25, -0.2) is 8.42 Å². The van der Waals surface area contributed by atoms with Crippen molar-refractivity contribution in [2.24, 2.45) is 0 Å². The topological polar surface area (TPSA) is 84.5 Å². The van der Waals surface area contributed by atoms with Gasteiger partial charge in [0.05, 0.1) is 21.7 Å². The Hall–Kier alpha value is -2.06. The highest BCUT2D eigenvalue weighted by Crippen LogP contribution is 2.29. The number of anilines is 1. The zero-order valence-electron chi connectivity index (χ0n) is 16.2. The molecule has 8 heteroatoms. The molecule has 2 rings (SSSR count). The fourth-order valence-corrected chi connectivity index (χ4v) is 4.21. The van der Waals surface area contributed by atoms with Crippen molar-refractivity contribution >= 4 is 37.5 Å². The molecular weight excluding hydrogens is 444 g/mol. The minimum absolute atomic E-state index is 0.0229.